The van der Waals surface area contributed by atoms with Crippen LogP contribution in [0.5, 0.6) is 23.0 Å². The Hall–Kier alpha value is -2.76. The van der Waals surface area contributed by atoms with E-state index in [4.69, 9.17) is 22.1 Å². The molecule has 1 aromatic carbocycles. The van der Waals surface area contributed by atoms with E-state index < -0.39 is 0 Å². The van der Waals surface area contributed by atoms with Crippen LogP contribution in [0.3, 0.4) is 0 Å². The quantitative estimate of drug-likeness (QED) is 0.676. The maximum absolute atomic E-state index is 5.88. The van der Waals surface area contributed by atoms with Gasteiger partial charge in [0.05, 0.1) is 11.7 Å². The first-order chi connectivity index (χ1) is 10.8. The summed E-state index contributed by atoms with van der Waals surface area (Å²) in [5.74, 6) is 2.69. The lowest BCUT2D eigenvalue weighted by Gasteiger charge is -2.19. The zero-order chi connectivity index (χ0) is 14.9. The highest BCUT2D eigenvalue weighted by Gasteiger charge is 2.15. The van der Waals surface area contributed by atoms with Gasteiger partial charge in [0.2, 0.25) is 0 Å². The molecule has 3 aromatic rings. The topological polar surface area (TPSA) is 53.5 Å². The van der Waals surface area contributed by atoms with E-state index in [1.807, 2.05) is 12.1 Å². The minimum atomic E-state index is 0.451. The molecule has 0 fully saturated rings. The number of rotatable bonds is 2. The van der Waals surface area contributed by atoms with Crippen LogP contribution in [0.2, 0.25) is 0 Å². The maximum atomic E-state index is 5.88. The zero-order valence-corrected chi connectivity index (χ0v) is 11.7. The van der Waals surface area contributed by atoms with Gasteiger partial charge in [0.25, 0.3) is 0 Å². The molecule has 0 saturated carbocycles. The van der Waals surface area contributed by atoms with Crippen molar-refractivity contribution in [3.63, 3.8) is 0 Å². The molecular formula is C16H11BN2O3. The number of ether oxygens (including phenoxy) is 3. The molecule has 1 aliphatic rings. The average molecular weight is 290 g/mol. The van der Waals surface area contributed by atoms with Gasteiger partial charge in [-0.1, -0.05) is 0 Å². The van der Waals surface area contributed by atoms with Crippen molar-refractivity contribution < 1.29 is 14.2 Å². The van der Waals surface area contributed by atoms with Crippen LogP contribution in [0.1, 0.15) is 0 Å². The van der Waals surface area contributed by atoms with Gasteiger partial charge in [-0.3, -0.25) is 9.97 Å². The Kier molecular flexibility index (Phi) is 3.07. The molecule has 5 nitrogen and oxygen atoms in total. The normalized spacial score (nSPS) is 13.1. The Bertz CT molecular complexity index is 837. The van der Waals surface area contributed by atoms with E-state index in [1.54, 1.807) is 30.6 Å². The summed E-state index contributed by atoms with van der Waals surface area (Å²) in [5, 5.41) is 0.851. The van der Waals surface area contributed by atoms with E-state index in [0.717, 1.165) is 10.9 Å². The number of aromatic nitrogens is 2. The number of nitrogens with zero attached hydrogens (tertiary/aromatic N) is 2. The van der Waals surface area contributed by atoms with E-state index in [0.29, 0.717) is 41.8 Å². The fourth-order valence-electron chi connectivity index (χ4n) is 2.33. The highest BCUT2D eigenvalue weighted by atomic mass is 16.6. The van der Waals surface area contributed by atoms with Gasteiger partial charge in [0, 0.05) is 17.6 Å². The number of benzene rings is 1. The highest BCUT2D eigenvalue weighted by molar-refractivity contribution is 6.30. The summed E-state index contributed by atoms with van der Waals surface area (Å²) in [6.07, 6.45) is 3.28. The number of pyridine rings is 2. The van der Waals surface area contributed by atoms with E-state index in [9.17, 15) is 0 Å². The van der Waals surface area contributed by atoms with Crippen molar-refractivity contribution in [3.05, 3.63) is 42.7 Å². The van der Waals surface area contributed by atoms with Crippen molar-refractivity contribution >= 4 is 24.3 Å². The van der Waals surface area contributed by atoms with Gasteiger partial charge in [-0.15, -0.1) is 0 Å². The lowest BCUT2D eigenvalue weighted by atomic mass is 10.0. The van der Waals surface area contributed by atoms with Crippen molar-refractivity contribution in [2.45, 2.75) is 0 Å². The molecule has 3 heterocycles. The standard InChI is InChI=1S/C16H11BN2O3/c17-16-2-1-10(9-19-16)22-13-3-4-18-12-8-15-14(7-11(12)13)20-5-6-21-15/h1-4,7-9H,5-6H2. The molecule has 6 heteroatoms. The van der Waals surface area contributed by atoms with Gasteiger partial charge < -0.3 is 14.2 Å². The first-order valence-corrected chi connectivity index (χ1v) is 6.87. The van der Waals surface area contributed by atoms with Gasteiger partial charge in [0.15, 0.2) is 11.5 Å². The van der Waals surface area contributed by atoms with Crippen LogP contribution in [0, 0.1) is 0 Å². The molecule has 0 spiro atoms. The van der Waals surface area contributed by atoms with Gasteiger partial charge in [-0.2, -0.15) is 0 Å². The van der Waals surface area contributed by atoms with Crippen molar-refractivity contribution in [3.8, 4) is 23.0 Å². The average Bonchev–Trinajstić information content (AvgIpc) is 2.55. The van der Waals surface area contributed by atoms with E-state index in [-0.39, 0.29) is 0 Å². The summed E-state index contributed by atoms with van der Waals surface area (Å²) >= 11 is 0. The molecule has 2 aromatic heterocycles. The Balaban J connectivity index is 1.78. The summed E-state index contributed by atoms with van der Waals surface area (Å²) in [4.78, 5) is 8.37. The minimum Gasteiger partial charge on any atom is -0.486 e. The van der Waals surface area contributed by atoms with Crippen LogP contribution in [-0.2, 0) is 0 Å². The molecule has 22 heavy (non-hydrogen) atoms. The summed E-state index contributed by atoms with van der Waals surface area (Å²) in [7, 11) is 5.58. The Labute approximate surface area is 128 Å². The lowest BCUT2D eigenvalue weighted by Crippen LogP contribution is -2.15. The first-order valence-electron chi connectivity index (χ1n) is 6.87. The molecule has 106 valence electrons. The predicted octanol–water partition coefficient (Wildman–Crippen LogP) is 1.99. The van der Waals surface area contributed by atoms with E-state index >= 15 is 0 Å². The van der Waals surface area contributed by atoms with Gasteiger partial charge in [0.1, 0.15) is 32.6 Å². The molecule has 2 radical (unpaired) electrons. The van der Waals surface area contributed by atoms with Crippen LogP contribution in [0.15, 0.2) is 42.7 Å². The van der Waals surface area contributed by atoms with Crippen molar-refractivity contribution in [1.29, 1.82) is 0 Å². The maximum Gasteiger partial charge on any atom is 0.163 e. The second-order valence-corrected chi connectivity index (χ2v) is 4.84. The molecule has 0 N–H and O–H groups in total. The summed E-state index contributed by atoms with van der Waals surface area (Å²) in [6.45, 7) is 1.09. The zero-order valence-electron chi connectivity index (χ0n) is 11.7. The van der Waals surface area contributed by atoms with Crippen LogP contribution in [0.4, 0.5) is 0 Å². The molecule has 0 saturated heterocycles. The van der Waals surface area contributed by atoms with Gasteiger partial charge in [-0.05, 0) is 29.9 Å². The lowest BCUT2D eigenvalue weighted by molar-refractivity contribution is 0.172. The molecule has 1 aliphatic heterocycles. The van der Waals surface area contributed by atoms with Gasteiger partial charge >= 0.3 is 0 Å². The molecule has 0 aliphatic carbocycles. The largest absolute Gasteiger partial charge is 0.486 e. The smallest absolute Gasteiger partial charge is 0.163 e. The number of fused-ring (bicyclic) bond motifs is 2. The van der Waals surface area contributed by atoms with Crippen LogP contribution < -0.4 is 19.8 Å². The summed E-state index contributed by atoms with van der Waals surface area (Å²) < 4.78 is 17.1. The third-order valence-corrected chi connectivity index (χ3v) is 3.35. The monoisotopic (exact) mass is 290 g/mol. The Morgan fingerprint density at radius 3 is 2.59 bits per heavy atom. The van der Waals surface area contributed by atoms with Crippen LogP contribution >= 0.6 is 0 Å². The third kappa shape index (κ3) is 2.32. The minimum absolute atomic E-state index is 0.451. The molecule has 0 amide bonds. The molecule has 0 unspecified atom stereocenters. The van der Waals surface area contributed by atoms with Crippen molar-refractivity contribution in [2.75, 3.05) is 13.2 Å². The SMILES string of the molecule is [B]c1ccc(Oc2ccnc3cc4c(cc23)OCCO4)cn1. The van der Waals surface area contributed by atoms with Crippen molar-refractivity contribution in [1.82, 2.24) is 9.97 Å². The van der Waals surface area contributed by atoms with Gasteiger partial charge in [-0.25, -0.2) is 0 Å². The molecule has 0 atom stereocenters. The summed E-state index contributed by atoms with van der Waals surface area (Å²) in [5.41, 5.74) is 1.23. The fourth-order valence-corrected chi connectivity index (χ4v) is 2.33. The Morgan fingerprint density at radius 2 is 1.82 bits per heavy atom. The third-order valence-electron chi connectivity index (χ3n) is 3.35. The number of hydrogen-bond acceptors (Lipinski definition) is 5. The summed E-state index contributed by atoms with van der Waals surface area (Å²) in [6, 6.07) is 9.01. The second kappa shape index (κ2) is 5.22. The number of hydrogen-bond donors (Lipinski definition) is 0. The van der Waals surface area contributed by atoms with Crippen LogP contribution in [-0.4, -0.2) is 31.0 Å². The van der Waals surface area contributed by atoms with E-state index in [1.165, 1.54) is 0 Å². The van der Waals surface area contributed by atoms with Crippen LogP contribution in [0.25, 0.3) is 10.9 Å². The first kappa shape index (κ1) is 12.9. The highest BCUT2D eigenvalue weighted by Crippen LogP contribution is 2.38. The van der Waals surface area contributed by atoms with Crippen molar-refractivity contribution in [2.24, 2.45) is 0 Å². The molecular weight excluding hydrogens is 279 g/mol. The Morgan fingerprint density at radius 1 is 1.00 bits per heavy atom. The predicted molar refractivity (Wildman–Crippen MR) is 82.4 cm³/mol. The second-order valence-electron chi connectivity index (χ2n) is 4.84. The van der Waals surface area contributed by atoms with E-state index in [2.05, 4.69) is 9.97 Å². The molecule has 0 bridgehead atoms. The fraction of sp³-hybridized carbons (Fsp3) is 0.125. The molecule has 4 rings (SSSR count).